The molecular formula is C16H17NO. The van der Waals surface area contributed by atoms with E-state index in [1.165, 1.54) is 5.56 Å². The largest absolute Gasteiger partial charge is 0.508 e. The summed E-state index contributed by atoms with van der Waals surface area (Å²) in [5.74, 6) is 0.780. The molecule has 0 atom stereocenters. The van der Waals surface area contributed by atoms with Crippen LogP contribution in [0.1, 0.15) is 30.9 Å². The summed E-state index contributed by atoms with van der Waals surface area (Å²) >= 11 is 0. The van der Waals surface area contributed by atoms with E-state index in [1.54, 1.807) is 24.4 Å². The fourth-order valence-corrected chi connectivity index (χ4v) is 1.69. The normalized spacial score (nSPS) is 11.3. The molecule has 2 heteroatoms. The van der Waals surface area contributed by atoms with Gasteiger partial charge >= 0.3 is 0 Å². The van der Waals surface area contributed by atoms with E-state index in [1.807, 2.05) is 6.07 Å². The molecule has 0 heterocycles. The van der Waals surface area contributed by atoms with Gasteiger partial charge in [-0.25, -0.2) is 0 Å². The highest BCUT2D eigenvalue weighted by atomic mass is 16.3. The second-order valence-corrected chi connectivity index (χ2v) is 4.60. The lowest BCUT2D eigenvalue weighted by Gasteiger charge is -2.04. The Morgan fingerprint density at radius 2 is 1.78 bits per heavy atom. The first-order valence-electron chi connectivity index (χ1n) is 6.08. The van der Waals surface area contributed by atoms with Crippen molar-refractivity contribution in [1.29, 1.82) is 0 Å². The first kappa shape index (κ1) is 12.4. The zero-order chi connectivity index (χ0) is 13.0. The van der Waals surface area contributed by atoms with Crippen LogP contribution >= 0.6 is 0 Å². The Bertz CT molecular complexity index is 541. The topological polar surface area (TPSA) is 32.6 Å². The number of nitrogens with zero attached hydrogens (tertiary/aromatic N) is 1. The molecule has 92 valence electrons. The number of phenols is 1. The molecule has 1 N–H and O–H groups in total. The molecule has 0 unspecified atom stereocenters. The van der Waals surface area contributed by atoms with Crippen molar-refractivity contribution >= 4 is 11.9 Å². The minimum atomic E-state index is 0.236. The lowest BCUT2D eigenvalue weighted by atomic mass is 10.0. The number of hydrogen-bond donors (Lipinski definition) is 1. The predicted octanol–water partition coefficient (Wildman–Crippen LogP) is 4.27. The molecule has 2 rings (SSSR count). The second kappa shape index (κ2) is 5.50. The molecule has 0 spiro atoms. The van der Waals surface area contributed by atoms with Crippen LogP contribution in [0.4, 0.5) is 5.69 Å². The van der Waals surface area contributed by atoms with Gasteiger partial charge in [-0.15, -0.1) is 0 Å². The highest BCUT2D eigenvalue weighted by Gasteiger charge is 1.97. The Morgan fingerprint density at radius 1 is 1.06 bits per heavy atom. The average Bonchev–Trinajstić information content (AvgIpc) is 2.37. The number of phenolic OH excluding ortho intramolecular Hbond substituents is 1. The summed E-state index contributed by atoms with van der Waals surface area (Å²) < 4.78 is 0. The Kier molecular flexibility index (Phi) is 3.78. The number of rotatable bonds is 3. The summed E-state index contributed by atoms with van der Waals surface area (Å²) in [7, 11) is 0. The quantitative estimate of drug-likeness (QED) is 0.797. The molecule has 0 aromatic heterocycles. The van der Waals surface area contributed by atoms with E-state index in [0.29, 0.717) is 5.92 Å². The van der Waals surface area contributed by atoms with Gasteiger partial charge in [0.15, 0.2) is 0 Å². The van der Waals surface area contributed by atoms with Gasteiger partial charge in [0.1, 0.15) is 5.75 Å². The molecule has 0 amide bonds. The molecule has 0 aliphatic carbocycles. The number of aliphatic imine (C=N–C) groups is 1. The number of aromatic hydroxyl groups is 1. The van der Waals surface area contributed by atoms with Crippen molar-refractivity contribution < 1.29 is 5.11 Å². The summed E-state index contributed by atoms with van der Waals surface area (Å²) in [6, 6.07) is 15.3. The van der Waals surface area contributed by atoms with Gasteiger partial charge < -0.3 is 5.11 Å². The van der Waals surface area contributed by atoms with E-state index in [4.69, 9.17) is 0 Å². The van der Waals surface area contributed by atoms with Crippen molar-refractivity contribution in [2.45, 2.75) is 19.8 Å². The van der Waals surface area contributed by atoms with Crippen LogP contribution in [0.2, 0.25) is 0 Å². The number of hydrogen-bond acceptors (Lipinski definition) is 2. The van der Waals surface area contributed by atoms with Crippen LogP contribution in [-0.2, 0) is 0 Å². The maximum Gasteiger partial charge on any atom is 0.117 e. The zero-order valence-electron chi connectivity index (χ0n) is 10.7. The Hall–Kier alpha value is -2.09. The summed E-state index contributed by atoms with van der Waals surface area (Å²) in [5.41, 5.74) is 3.13. The van der Waals surface area contributed by atoms with Crippen LogP contribution in [0.25, 0.3) is 0 Å². The van der Waals surface area contributed by atoms with E-state index in [9.17, 15) is 5.11 Å². The Morgan fingerprint density at radius 3 is 2.39 bits per heavy atom. The third-order valence-corrected chi connectivity index (χ3v) is 2.80. The number of benzene rings is 2. The summed E-state index contributed by atoms with van der Waals surface area (Å²) in [6.07, 6.45) is 1.80. The lowest BCUT2D eigenvalue weighted by molar-refractivity contribution is 0.475. The van der Waals surface area contributed by atoms with Gasteiger partial charge in [-0.05, 0) is 29.2 Å². The molecule has 0 radical (unpaired) electrons. The molecule has 0 bridgehead atoms. The van der Waals surface area contributed by atoms with E-state index in [-0.39, 0.29) is 5.75 Å². The molecule has 18 heavy (non-hydrogen) atoms. The summed E-state index contributed by atoms with van der Waals surface area (Å²) in [6.45, 7) is 4.35. The minimum Gasteiger partial charge on any atom is -0.508 e. The first-order chi connectivity index (χ1) is 8.65. The van der Waals surface area contributed by atoms with Gasteiger partial charge in [0, 0.05) is 12.3 Å². The highest BCUT2D eigenvalue weighted by molar-refractivity contribution is 5.82. The molecule has 0 saturated carbocycles. The SMILES string of the molecule is CC(C)c1ccc(C=Nc2cccc(O)c2)cc1. The zero-order valence-corrected chi connectivity index (χ0v) is 10.7. The standard InChI is InChI=1S/C16H17NO/c1-12(2)14-8-6-13(7-9-14)11-17-15-4-3-5-16(18)10-15/h3-12,18H,1-2H3. The molecule has 0 fully saturated rings. The third-order valence-electron chi connectivity index (χ3n) is 2.80. The second-order valence-electron chi connectivity index (χ2n) is 4.60. The molecule has 0 saturated heterocycles. The van der Waals surface area contributed by atoms with Gasteiger partial charge in [-0.3, -0.25) is 4.99 Å². The molecule has 2 aromatic carbocycles. The molecule has 2 aromatic rings. The van der Waals surface area contributed by atoms with Crippen LogP contribution < -0.4 is 0 Å². The molecule has 2 nitrogen and oxygen atoms in total. The van der Waals surface area contributed by atoms with Crippen molar-refractivity contribution in [3.05, 3.63) is 59.7 Å². The van der Waals surface area contributed by atoms with Gasteiger partial charge in [0.25, 0.3) is 0 Å². The molecular weight excluding hydrogens is 222 g/mol. The summed E-state index contributed by atoms with van der Waals surface area (Å²) in [4.78, 5) is 4.33. The fourth-order valence-electron chi connectivity index (χ4n) is 1.69. The van der Waals surface area contributed by atoms with Gasteiger partial charge in [0.05, 0.1) is 5.69 Å². The maximum atomic E-state index is 9.33. The van der Waals surface area contributed by atoms with Crippen LogP contribution in [0, 0.1) is 0 Å². The Labute approximate surface area is 108 Å². The monoisotopic (exact) mass is 239 g/mol. The van der Waals surface area contributed by atoms with Crippen molar-refractivity contribution in [3.8, 4) is 5.75 Å². The van der Waals surface area contributed by atoms with Gasteiger partial charge in [-0.2, -0.15) is 0 Å². The maximum absolute atomic E-state index is 9.33. The predicted molar refractivity (Wildman–Crippen MR) is 75.9 cm³/mol. The van der Waals surface area contributed by atoms with Crippen molar-refractivity contribution in [1.82, 2.24) is 0 Å². The summed E-state index contributed by atoms with van der Waals surface area (Å²) in [5, 5.41) is 9.33. The molecule has 0 aliphatic heterocycles. The van der Waals surface area contributed by atoms with E-state index in [0.717, 1.165) is 11.3 Å². The first-order valence-corrected chi connectivity index (χ1v) is 6.08. The fraction of sp³-hybridized carbons (Fsp3) is 0.188. The van der Waals surface area contributed by atoms with Gasteiger partial charge in [-0.1, -0.05) is 44.2 Å². The molecule has 0 aliphatic rings. The smallest absolute Gasteiger partial charge is 0.117 e. The lowest BCUT2D eigenvalue weighted by Crippen LogP contribution is -1.87. The van der Waals surface area contributed by atoms with Crippen LogP contribution in [0.15, 0.2) is 53.5 Å². The third kappa shape index (κ3) is 3.20. The van der Waals surface area contributed by atoms with E-state index < -0.39 is 0 Å². The minimum absolute atomic E-state index is 0.236. The van der Waals surface area contributed by atoms with Crippen LogP contribution in [0.5, 0.6) is 5.75 Å². The van der Waals surface area contributed by atoms with Crippen molar-refractivity contribution in [3.63, 3.8) is 0 Å². The van der Waals surface area contributed by atoms with E-state index in [2.05, 4.69) is 43.1 Å². The van der Waals surface area contributed by atoms with E-state index >= 15 is 0 Å². The highest BCUT2D eigenvalue weighted by Crippen LogP contribution is 2.18. The Balaban J connectivity index is 2.14. The van der Waals surface area contributed by atoms with Crippen molar-refractivity contribution in [2.24, 2.45) is 4.99 Å². The van der Waals surface area contributed by atoms with Crippen molar-refractivity contribution in [2.75, 3.05) is 0 Å². The van der Waals surface area contributed by atoms with Crippen LogP contribution in [-0.4, -0.2) is 11.3 Å². The average molecular weight is 239 g/mol. The van der Waals surface area contributed by atoms with Crippen LogP contribution in [0.3, 0.4) is 0 Å². The van der Waals surface area contributed by atoms with Gasteiger partial charge in [0.2, 0.25) is 0 Å².